The summed E-state index contributed by atoms with van der Waals surface area (Å²) in [5.41, 5.74) is 12.6. The van der Waals surface area contributed by atoms with Gasteiger partial charge in [0.05, 0.1) is 22.5 Å². The number of nitrogens with zero attached hydrogens (tertiary/aromatic N) is 2. The van der Waals surface area contributed by atoms with Crippen molar-refractivity contribution in [1.29, 1.82) is 0 Å². The highest BCUT2D eigenvalue weighted by Crippen LogP contribution is 2.44. The largest absolute Gasteiger partial charge is 0.494 e. The molecule has 0 saturated carbocycles. The van der Waals surface area contributed by atoms with Crippen molar-refractivity contribution in [2.75, 3.05) is 17.7 Å². The Kier molecular flexibility index (Phi) is 5.62. The van der Waals surface area contributed by atoms with Crippen LogP contribution in [-0.2, 0) is 12.8 Å². The number of hydrogen-bond donors (Lipinski definition) is 2. The highest BCUT2D eigenvalue weighted by Gasteiger charge is 2.26. The molecule has 1 aliphatic rings. The van der Waals surface area contributed by atoms with Crippen molar-refractivity contribution in [2.45, 2.75) is 32.6 Å². The van der Waals surface area contributed by atoms with Gasteiger partial charge < -0.3 is 10.5 Å². The average Bonchev–Trinajstić information content (AvgIpc) is 3.43. The summed E-state index contributed by atoms with van der Waals surface area (Å²) in [6, 6.07) is 16.0. The van der Waals surface area contributed by atoms with E-state index in [1.165, 1.54) is 28.2 Å². The predicted molar refractivity (Wildman–Crippen MR) is 145 cm³/mol. The van der Waals surface area contributed by atoms with Gasteiger partial charge in [0.15, 0.2) is 5.13 Å². The second-order valence-electron chi connectivity index (χ2n) is 8.54. The number of nitrogens with two attached hydrogens (primary N) is 1. The van der Waals surface area contributed by atoms with E-state index in [0.29, 0.717) is 22.3 Å². The molecule has 0 unspecified atom stereocenters. The minimum Gasteiger partial charge on any atom is -0.494 e. The van der Waals surface area contributed by atoms with E-state index in [2.05, 4.69) is 22.4 Å². The Labute approximate surface area is 210 Å². The first kappa shape index (κ1) is 22.0. The maximum atomic E-state index is 13.3. The summed E-state index contributed by atoms with van der Waals surface area (Å²) in [5, 5.41) is 4.39. The molecule has 0 bridgehead atoms. The number of hydrogen-bond acceptors (Lipinski definition) is 7. The fraction of sp³-hybridized carbons (Fsp3) is 0.222. The van der Waals surface area contributed by atoms with Crippen molar-refractivity contribution in [2.24, 2.45) is 0 Å². The molecule has 3 heterocycles. The van der Waals surface area contributed by atoms with Crippen molar-refractivity contribution >= 4 is 59.8 Å². The van der Waals surface area contributed by atoms with Crippen molar-refractivity contribution < 1.29 is 9.53 Å². The fourth-order valence-corrected chi connectivity index (χ4v) is 6.64. The molecule has 0 fully saturated rings. The van der Waals surface area contributed by atoms with Crippen molar-refractivity contribution in [3.63, 3.8) is 0 Å². The van der Waals surface area contributed by atoms with E-state index in [4.69, 9.17) is 15.5 Å². The zero-order valence-corrected chi connectivity index (χ0v) is 20.9. The number of ether oxygens (including phenoxy) is 1. The van der Waals surface area contributed by atoms with Crippen molar-refractivity contribution in [1.82, 2.24) is 9.97 Å². The zero-order chi connectivity index (χ0) is 23.9. The van der Waals surface area contributed by atoms with Crippen molar-refractivity contribution in [3.05, 3.63) is 64.7 Å². The van der Waals surface area contributed by atoms with E-state index in [9.17, 15) is 4.79 Å². The number of aryl methyl sites for hydroxylation is 1. The highest BCUT2D eigenvalue weighted by atomic mass is 32.1. The minimum atomic E-state index is -0.250. The van der Waals surface area contributed by atoms with Crippen molar-refractivity contribution in [3.8, 4) is 16.9 Å². The van der Waals surface area contributed by atoms with E-state index in [0.717, 1.165) is 68.7 Å². The van der Waals surface area contributed by atoms with Crippen LogP contribution in [0.15, 0.2) is 48.5 Å². The summed E-state index contributed by atoms with van der Waals surface area (Å²) in [4.78, 5) is 24.1. The smallest absolute Gasteiger partial charge is 0.269 e. The second-order valence-corrected chi connectivity index (χ2v) is 10.6. The molecule has 0 saturated heterocycles. The molecule has 1 aliphatic carbocycles. The van der Waals surface area contributed by atoms with Crippen LogP contribution in [0.3, 0.4) is 0 Å². The van der Waals surface area contributed by atoms with E-state index in [-0.39, 0.29) is 5.91 Å². The Hall–Kier alpha value is -3.49. The Balaban J connectivity index is 1.45. The molecule has 35 heavy (non-hydrogen) atoms. The molecule has 0 aliphatic heterocycles. The molecule has 3 aromatic heterocycles. The third-order valence-electron chi connectivity index (χ3n) is 6.33. The number of pyridine rings is 1. The van der Waals surface area contributed by atoms with Gasteiger partial charge in [-0.05, 0) is 73.6 Å². The summed E-state index contributed by atoms with van der Waals surface area (Å²) in [6.45, 7) is 2.60. The van der Waals surface area contributed by atoms with Gasteiger partial charge >= 0.3 is 0 Å². The number of nitrogen functional groups attached to an aromatic ring is 1. The quantitative estimate of drug-likeness (QED) is 0.281. The third kappa shape index (κ3) is 3.92. The van der Waals surface area contributed by atoms with Crippen LogP contribution in [0.2, 0.25) is 0 Å². The lowest BCUT2D eigenvalue weighted by molar-refractivity contribution is 0.103. The van der Waals surface area contributed by atoms with Gasteiger partial charge in [-0.15, -0.1) is 11.3 Å². The molecule has 2 aromatic carbocycles. The maximum absolute atomic E-state index is 13.3. The number of aromatic nitrogens is 2. The lowest BCUT2D eigenvalue weighted by atomic mass is 9.87. The van der Waals surface area contributed by atoms with Crippen LogP contribution in [0.25, 0.3) is 31.6 Å². The number of carbonyl (C=O) groups is 1. The zero-order valence-electron chi connectivity index (χ0n) is 19.3. The molecule has 3 N–H and O–H groups in total. The number of thiophene rings is 1. The topological polar surface area (TPSA) is 90.1 Å². The summed E-state index contributed by atoms with van der Waals surface area (Å²) in [6.07, 6.45) is 4.16. The van der Waals surface area contributed by atoms with Crippen LogP contribution < -0.4 is 15.8 Å². The van der Waals surface area contributed by atoms with Crippen LogP contribution >= 0.6 is 22.7 Å². The summed E-state index contributed by atoms with van der Waals surface area (Å²) >= 11 is 2.81. The molecule has 0 spiro atoms. The van der Waals surface area contributed by atoms with E-state index in [1.54, 1.807) is 0 Å². The van der Waals surface area contributed by atoms with E-state index in [1.807, 2.05) is 43.3 Å². The lowest BCUT2D eigenvalue weighted by Crippen LogP contribution is -2.11. The summed E-state index contributed by atoms with van der Waals surface area (Å²) in [5.74, 6) is 0.588. The first-order valence-electron chi connectivity index (χ1n) is 11.8. The Morgan fingerprint density at radius 1 is 1.06 bits per heavy atom. The summed E-state index contributed by atoms with van der Waals surface area (Å²) < 4.78 is 6.67. The monoisotopic (exact) mass is 500 g/mol. The SMILES string of the molecule is CCOc1ccc(-c2c3c(nc4sc(C(=O)Nc5nc6ccccc6s5)c(N)c24)CCCC3)cc1. The third-order valence-corrected chi connectivity index (χ3v) is 8.38. The number of anilines is 2. The number of benzene rings is 2. The standard InChI is InChI=1S/C27H24N4O2S2/c1-2-33-16-13-11-15(12-14-16)21-17-7-3-4-8-18(17)29-26-22(21)23(28)24(35-26)25(32)31-27-30-19-9-5-6-10-20(19)34-27/h5-6,9-14H,2-4,7-8,28H2,1H3,(H,30,31,32). The van der Waals surface area contributed by atoms with Gasteiger partial charge in [-0.2, -0.15) is 0 Å². The van der Waals surface area contributed by atoms with Crippen LogP contribution in [0.1, 0.15) is 40.7 Å². The molecule has 0 radical (unpaired) electrons. The molecular weight excluding hydrogens is 476 g/mol. The molecule has 0 atom stereocenters. The van der Waals surface area contributed by atoms with Crippen LogP contribution in [0.5, 0.6) is 5.75 Å². The average molecular weight is 501 g/mol. The number of fused-ring (bicyclic) bond motifs is 3. The number of amides is 1. The van der Waals surface area contributed by atoms with Gasteiger partial charge in [0, 0.05) is 11.1 Å². The Morgan fingerprint density at radius 3 is 2.66 bits per heavy atom. The highest BCUT2D eigenvalue weighted by molar-refractivity contribution is 7.23. The number of thiazole rings is 1. The number of nitrogens with one attached hydrogen (secondary N) is 1. The summed E-state index contributed by atoms with van der Waals surface area (Å²) in [7, 11) is 0. The van der Waals surface area contributed by atoms with Gasteiger partial charge in [-0.1, -0.05) is 35.6 Å². The van der Waals surface area contributed by atoms with Gasteiger partial charge in [0.25, 0.3) is 5.91 Å². The van der Waals surface area contributed by atoms with Gasteiger partial charge in [0.1, 0.15) is 15.5 Å². The van der Waals surface area contributed by atoms with Crippen LogP contribution in [-0.4, -0.2) is 22.5 Å². The molecule has 1 amide bonds. The number of carbonyl (C=O) groups excluding carboxylic acids is 1. The van der Waals surface area contributed by atoms with E-state index >= 15 is 0 Å². The molecule has 5 aromatic rings. The maximum Gasteiger partial charge on any atom is 0.269 e. The molecule has 6 nitrogen and oxygen atoms in total. The Bertz CT molecular complexity index is 1540. The first-order valence-corrected chi connectivity index (χ1v) is 13.4. The van der Waals surface area contributed by atoms with E-state index < -0.39 is 0 Å². The Morgan fingerprint density at radius 2 is 1.86 bits per heavy atom. The first-order chi connectivity index (χ1) is 17.1. The van der Waals surface area contributed by atoms with Gasteiger partial charge in [-0.25, -0.2) is 9.97 Å². The number of para-hydroxylation sites is 1. The number of rotatable bonds is 5. The second kappa shape index (κ2) is 8.94. The minimum absolute atomic E-state index is 0.250. The predicted octanol–water partition coefficient (Wildman–Crippen LogP) is 6.69. The van der Waals surface area contributed by atoms with Crippen LogP contribution in [0.4, 0.5) is 10.8 Å². The van der Waals surface area contributed by atoms with Gasteiger partial charge in [-0.3, -0.25) is 10.1 Å². The normalized spacial score (nSPS) is 13.2. The molecular formula is C27H24N4O2S2. The van der Waals surface area contributed by atoms with Crippen LogP contribution in [0, 0.1) is 0 Å². The molecule has 8 heteroatoms. The van der Waals surface area contributed by atoms with Gasteiger partial charge in [0.2, 0.25) is 0 Å². The fourth-order valence-electron chi connectivity index (χ4n) is 4.76. The molecule has 176 valence electrons. The lowest BCUT2D eigenvalue weighted by Gasteiger charge is -2.20. The molecule has 6 rings (SSSR count).